The molecule has 2 aliphatic heterocycles. The number of alkyl halides is 3. The van der Waals surface area contributed by atoms with E-state index in [0.717, 1.165) is 51.0 Å². The molecule has 0 bridgehead atoms. The summed E-state index contributed by atoms with van der Waals surface area (Å²) in [5.41, 5.74) is -1.27. The van der Waals surface area contributed by atoms with E-state index < -0.39 is 17.2 Å². The number of anilines is 1. The van der Waals surface area contributed by atoms with Crippen molar-refractivity contribution in [3.05, 3.63) is 23.9 Å². The van der Waals surface area contributed by atoms with Crippen molar-refractivity contribution in [2.24, 2.45) is 11.3 Å². The molecule has 10 heteroatoms. The Kier molecular flexibility index (Phi) is 7.69. The lowest BCUT2D eigenvalue weighted by Crippen LogP contribution is -2.54. The van der Waals surface area contributed by atoms with Gasteiger partial charge in [0, 0.05) is 58.2 Å². The van der Waals surface area contributed by atoms with Crippen LogP contribution in [0.15, 0.2) is 18.3 Å². The van der Waals surface area contributed by atoms with Gasteiger partial charge >= 0.3 is 6.18 Å². The Morgan fingerprint density at radius 2 is 2.06 bits per heavy atom. The van der Waals surface area contributed by atoms with E-state index in [4.69, 9.17) is 9.47 Å². The van der Waals surface area contributed by atoms with E-state index in [2.05, 4.69) is 17.2 Å². The molecule has 2 saturated heterocycles. The molecule has 1 aromatic heterocycles. The largest absolute Gasteiger partial charge is 0.416 e. The smallest absolute Gasteiger partial charge is 0.384 e. The van der Waals surface area contributed by atoms with Gasteiger partial charge in [-0.25, -0.2) is 4.98 Å². The Labute approximate surface area is 199 Å². The third-order valence-electron chi connectivity index (χ3n) is 7.54. The number of ether oxygens (including phenoxy) is 2. The van der Waals surface area contributed by atoms with E-state index in [1.165, 1.54) is 6.20 Å². The average molecular weight is 485 g/mol. The maximum absolute atomic E-state index is 13.7. The Balaban J connectivity index is 1.37. The van der Waals surface area contributed by atoms with Crippen molar-refractivity contribution in [1.82, 2.24) is 15.2 Å². The number of hydrogen-bond donors (Lipinski definition) is 1. The molecule has 1 aromatic rings. The number of carbonyl (C=O) groups excluding carboxylic acids is 1. The predicted octanol–water partition coefficient (Wildman–Crippen LogP) is 2.95. The van der Waals surface area contributed by atoms with Crippen LogP contribution >= 0.6 is 0 Å². The van der Waals surface area contributed by atoms with Crippen LogP contribution in [0.5, 0.6) is 0 Å². The van der Waals surface area contributed by atoms with Gasteiger partial charge in [0.2, 0.25) is 5.91 Å². The lowest BCUT2D eigenvalue weighted by atomic mass is 9.84. The molecule has 190 valence electrons. The summed E-state index contributed by atoms with van der Waals surface area (Å²) in [5.74, 6) is 0.832. The van der Waals surface area contributed by atoms with Gasteiger partial charge < -0.3 is 24.6 Å². The number of hydrogen-bond acceptors (Lipinski definition) is 6. The number of pyridine rings is 1. The maximum atomic E-state index is 13.7. The van der Waals surface area contributed by atoms with Crippen molar-refractivity contribution in [2.75, 3.05) is 58.0 Å². The van der Waals surface area contributed by atoms with Gasteiger partial charge in [-0.2, -0.15) is 13.2 Å². The average Bonchev–Trinajstić information content (AvgIpc) is 3.23. The third-order valence-corrected chi connectivity index (χ3v) is 7.54. The van der Waals surface area contributed by atoms with E-state index >= 15 is 0 Å². The van der Waals surface area contributed by atoms with Crippen molar-refractivity contribution in [1.29, 1.82) is 0 Å². The van der Waals surface area contributed by atoms with Gasteiger partial charge in [-0.15, -0.1) is 0 Å². The molecule has 3 fully saturated rings. The fraction of sp³-hybridized carbons (Fsp3) is 0.750. The zero-order chi connectivity index (χ0) is 24.3. The van der Waals surface area contributed by atoms with Gasteiger partial charge in [0.1, 0.15) is 5.82 Å². The van der Waals surface area contributed by atoms with E-state index in [1.807, 2.05) is 9.80 Å². The topological polar surface area (TPSA) is 66.9 Å². The lowest BCUT2D eigenvalue weighted by molar-refractivity contribution is -0.145. The van der Waals surface area contributed by atoms with Crippen LogP contribution < -0.4 is 10.2 Å². The Morgan fingerprint density at radius 3 is 2.74 bits per heavy atom. The van der Waals surface area contributed by atoms with Gasteiger partial charge in [0.15, 0.2) is 0 Å². The van der Waals surface area contributed by atoms with Crippen molar-refractivity contribution in [3.63, 3.8) is 0 Å². The first kappa shape index (κ1) is 25.2. The first-order valence-corrected chi connectivity index (χ1v) is 12.1. The summed E-state index contributed by atoms with van der Waals surface area (Å²) in [5, 5.41) is 3.77. The first-order chi connectivity index (χ1) is 16.2. The second kappa shape index (κ2) is 10.4. The van der Waals surface area contributed by atoms with Crippen molar-refractivity contribution >= 4 is 11.7 Å². The van der Waals surface area contributed by atoms with E-state index in [0.29, 0.717) is 50.6 Å². The van der Waals surface area contributed by atoms with Crippen LogP contribution in [0.4, 0.5) is 19.0 Å². The van der Waals surface area contributed by atoms with Crippen molar-refractivity contribution in [3.8, 4) is 0 Å². The molecular weight excluding hydrogens is 449 g/mol. The summed E-state index contributed by atoms with van der Waals surface area (Å²) < 4.78 is 50.3. The molecule has 3 aliphatic rings. The molecule has 7 nitrogen and oxygen atoms in total. The molecule has 34 heavy (non-hydrogen) atoms. The molecule has 4 atom stereocenters. The second-order valence-electron chi connectivity index (χ2n) is 9.95. The van der Waals surface area contributed by atoms with Crippen LogP contribution in [0.2, 0.25) is 0 Å². The van der Waals surface area contributed by atoms with Crippen LogP contribution in [-0.4, -0.2) is 81.0 Å². The van der Waals surface area contributed by atoms with Crippen molar-refractivity contribution < 1.29 is 27.4 Å². The number of methoxy groups -OCH3 is 1. The molecule has 1 amide bonds. The van der Waals surface area contributed by atoms with Crippen LogP contribution in [0.1, 0.15) is 38.2 Å². The fourth-order valence-electron chi connectivity index (χ4n) is 5.60. The summed E-state index contributed by atoms with van der Waals surface area (Å²) in [6, 6.07) is 2.72. The number of nitrogens with zero attached hydrogens (tertiary/aromatic N) is 3. The zero-order valence-electron chi connectivity index (χ0n) is 19.9. The monoisotopic (exact) mass is 484 g/mol. The van der Waals surface area contributed by atoms with E-state index in [9.17, 15) is 18.0 Å². The molecule has 4 rings (SSSR count). The highest BCUT2D eigenvalue weighted by atomic mass is 19.4. The predicted molar refractivity (Wildman–Crippen MR) is 122 cm³/mol. The molecule has 3 heterocycles. The molecule has 1 N–H and O–H groups in total. The molecule has 0 spiro atoms. The Morgan fingerprint density at radius 1 is 1.29 bits per heavy atom. The Hall–Kier alpha value is -1.91. The van der Waals surface area contributed by atoms with Gasteiger partial charge in [-0.3, -0.25) is 4.79 Å². The zero-order valence-corrected chi connectivity index (χ0v) is 19.9. The summed E-state index contributed by atoms with van der Waals surface area (Å²) in [4.78, 5) is 21.4. The highest BCUT2D eigenvalue weighted by Gasteiger charge is 2.48. The normalized spacial score (nSPS) is 30.6. The minimum atomic E-state index is -4.41. The quantitative estimate of drug-likeness (QED) is 0.670. The highest BCUT2D eigenvalue weighted by molar-refractivity contribution is 5.83. The molecular formula is C24H35F3N4O3. The molecule has 1 unspecified atom stereocenters. The van der Waals surface area contributed by atoms with Gasteiger partial charge in [-0.05, 0) is 43.7 Å². The number of aromatic nitrogens is 1. The second-order valence-corrected chi connectivity index (χ2v) is 9.95. The number of halogens is 3. The minimum Gasteiger partial charge on any atom is -0.384 e. The SMILES string of the molecule is COC[C@]1(C(=O)N2CCN(c3cc(C(F)(F)F)ccn3)CC2)CC[C@@H](N[C@@H]2CCOCC2C)C1. The van der Waals surface area contributed by atoms with Gasteiger partial charge in [0.05, 0.1) is 24.2 Å². The Bertz CT molecular complexity index is 847. The van der Waals surface area contributed by atoms with Gasteiger partial charge in [-0.1, -0.05) is 6.92 Å². The molecule has 0 aromatic carbocycles. The highest BCUT2D eigenvalue weighted by Crippen LogP contribution is 2.41. The van der Waals surface area contributed by atoms with Gasteiger partial charge in [0.25, 0.3) is 0 Å². The number of amides is 1. The molecule has 0 radical (unpaired) electrons. The van der Waals surface area contributed by atoms with Crippen molar-refractivity contribution in [2.45, 2.75) is 50.9 Å². The molecule has 1 aliphatic carbocycles. The minimum absolute atomic E-state index is 0.0929. The number of piperazine rings is 1. The summed E-state index contributed by atoms with van der Waals surface area (Å²) >= 11 is 0. The van der Waals surface area contributed by atoms with E-state index in [1.54, 1.807) is 7.11 Å². The standard InChI is InChI=1S/C24H35F3N4O3/c1-17-15-34-12-5-20(17)29-19-3-6-23(14-19,16-33-2)22(32)31-10-8-30(9-11-31)21-13-18(4-7-28-21)24(25,26)27/h4,7,13,17,19-20,29H,3,5-6,8-12,14-16H2,1-2H3/t17?,19-,20-,23+/m1/s1. The number of rotatable bonds is 6. The number of carbonyl (C=O) groups is 1. The first-order valence-electron chi connectivity index (χ1n) is 12.1. The summed E-state index contributed by atoms with van der Waals surface area (Å²) in [6.07, 6.45) is 0.191. The lowest BCUT2D eigenvalue weighted by Gasteiger charge is -2.40. The summed E-state index contributed by atoms with van der Waals surface area (Å²) in [7, 11) is 1.63. The fourth-order valence-corrected chi connectivity index (χ4v) is 5.60. The van der Waals surface area contributed by atoms with E-state index in [-0.39, 0.29) is 11.9 Å². The number of nitrogens with one attached hydrogen (secondary N) is 1. The summed E-state index contributed by atoms with van der Waals surface area (Å²) in [6.45, 7) is 5.91. The van der Waals surface area contributed by atoms with Crippen LogP contribution in [0.3, 0.4) is 0 Å². The third kappa shape index (κ3) is 5.49. The van der Waals surface area contributed by atoms with Crippen LogP contribution in [-0.2, 0) is 20.4 Å². The molecule has 1 saturated carbocycles. The van der Waals surface area contributed by atoms with Crippen LogP contribution in [0, 0.1) is 11.3 Å². The maximum Gasteiger partial charge on any atom is 0.416 e. The van der Waals surface area contributed by atoms with Crippen LogP contribution in [0.25, 0.3) is 0 Å².